The van der Waals surface area contributed by atoms with E-state index in [1.54, 1.807) is 36.4 Å². The number of halogens is 2. The van der Waals surface area contributed by atoms with Crippen molar-refractivity contribution < 1.29 is 23.1 Å². The molecule has 0 saturated carbocycles. The van der Waals surface area contributed by atoms with E-state index in [1.165, 1.54) is 17.4 Å². The number of hydrogen-bond donors (Lipinski definition) is 1. The highest BCUT2D eigenvalue weighted by Crippen LogP contribution is 2.22. The van der Waals surface area contributed by atoms with Crippen molar-refractivity contribution in [1.82, 2.24) is 0 Å². The zero-order valence-corrected chi connectivity index (χ0v) is 15.4. The van der Waals surface area contributed by atoms with E-state index in [0.29, 0.717) is 21.2 Å². The van der Waals surface area contributed by atoms with Gasteiger partial charge in [-0.25, -0.2) is 8.78 Å². The zero-order chi connectivity index (χ0) is 19.2. The second-order valence-electron chi connectivity index (χ2n) is 5.29. The first-order valence-electron chi connectivity index (χ1n) is 7.75. The minimum absolute atomic E-state index is 0.0536. The van der Waals surface area contributed by atoms with Crippen LogP contribution in [0.1, 0.15) is 9.67 Å². The van der Waals surface area contributed by atoms with Crippen molar-refractivity contribution in [3.63, 3.8) is 0 Å². The van der Waals surface area contributed by atoms with Gasteiger partial charge in [0.15, 0.2) is 11.6 Å². The van der Waals surface area contributed by atoms with Crippen LogP contribution in [0.25, 0.3) is 0 Å². The van der Waals surface area contributed by atoms with Crippen LogP contribution in [0, 0.1) is 11.6 Å². The number of esters is 1. The summed E-state index contributed by atoms with van der Waals surface area (Å²) in [4.78, 5) is 24.9. The first-order chi connectivity index (χ1) is 13.0. The number of carbonyl (C=O) groups excluding carboxylic acids is 2. The zero-order valence-electron chi connectivity index (χ0n) is 13.8. The second kappa shape index (κ2) is 8.79. The second-order valence-corrected chi connectivity index (χ2v) is 7.29. The van der Waals surface area contributed by atoms with Crippen molar-refractivity contribution in [3.8, 4) is 5.75 Å². The highest BCUT2D eigenvalue weighted by molar-refractivity contribution is 8.00. The van der Waals surface area contributed by atoms with Gasteiger partial charge in [-0.1, -0.05) is 6.07 Å². The van der Waals surface area contributed by atoms with Gasteiger partial charge in [0.1, 0.15) is 5.75 Å². The molecule has 0 aliphatic carbocycles. The molecule has 0 atom stereocenters. The van der Waals surface area contributed by atoms with E-state index < -0.39 is 17.6 Å². The van der Waals surface area contributed by atoms with E-state index in [2.05, 4.69) is 5.32 Å². The van der Waals surface area contributed by atoms with E-state index in [-0.39, 0.29) is 11.7 Å². The molecule has 1 N–H and O–H groups in total. The number of benzene rings is 2. The minimum Gasteiger partial charge on any atom is -0.426 e. The van der Waals surface area contributed by atoms with E-state index >= 15 is 0 Å². The molecule has 0 radical (unpaired) electrons. The van der Waals surface area contributed by atoms with Gasteiger partial charge in [0, 0.05) is 10.6 Å². The molecule has 4 nitrogen and oxygen atoms in total. The minimum atomic E-state index is -0.964. The fourth-order valence-electron chi connectivity index (χ4n) is 2.08. The Morgan fingerprint density at radius 1 is 1.04 bits per heavy atom. The summed E-state index contributed by atoms with van der Waals surface area (Å²) in [5.74, 6) is -2.37. The Morgan fingerprint density at radius 2 is 1.81 bits per heavy atom. The molecule has 0 saturated heterocycles. The van der Waals surface area contributed by atoms with Crippen molar-refractivity contribution in [2.75, 3.05) is 11.1 Å². The van der Waals surface area contributed by atoms with E-state index in [0.717, 1.165) is 23.9 Å². The summed E-state index contributed by atoms with van der Waals surface area (Å²) < 4.78 is 31.2. The Balaban J connectivity index is 1.50. The van der Waals surface area contributed by atoms with Crippen LogP contribution in [0.3, 0.4) is 0 Å². The lowest BCUT2D eigenvalue weighted by molar-refractivity contribution is -0.131. The summed E-state index contributed by atoms with van der Waals surface area (Å²) in [5.41, 5.74) is 0.573. The normalized spacial score (nSPS) is 10.4. The Hall–Kier alpha value is -2.71. The number of carbonyl (C=O) groups is 2. The summed E-state index contributed by atoms with van der Waals surface area (Å²) in [6.07, 6.45) is 0. The Labute approximate surface area is 162 Å². The van der Waals surface area contributed by atoms with Crippen molar-refractivity contribution in [2.24, 2.45) is 0 Å². The predicted octanol–water partition coefficient (Wildman–Crippen LogP) is 4.98. The van der Waals surface area contributed by atoms with Crippen LogP contribution in [-0.4, -0.2) is 17.6 Å². The maximum Gasteiger partial charge on any atom is 0.321 e. The average Bonchev–Trinajstić information content (AvgIpc) is 3.19. The van der Waals surface area contributed by atoms with Crippen LogP contribution in [0.2, 0.25) is 0 Å². The third-order valence-corrected chi connectivity index (χ3v) is 5.17. The van der Waals surface area contributed by atoms with E-state index in [4.69, 9.17) is 4.74 Å². The lowest BCUT2D eigenvalue weighted by Crippen LogP contribution is -2.11. The number of thiophene rings is 1. The van der Waals surface area contributed by atoms with Crippen LogP contribution >= 0.6 is 23.1 Å². The molecule has 0 aliphatic rings. The first kappa shape index (κ1) is 19.1. The van der Waals surface area contributed by atoms with Crippen molar-refractivity contribution in [1.29, 1.82) is 0 Å². The fraction of sp³-hybridized carbons (Fsp3) is 0.0526. The molecule has 1 heterocycles. The van der Waals surface area contributed by atoms with Gasteiger partial charge in [-0.2, -0.15) is 0 Å². The molecule has 0 bridgehead atoms. The SMILES string of the molecule is O=C(CSc1ccc(F)c(F)c1)Oc1ccc(NC(=O)c2cccs2)cc1. The number of thioether (sulfide) groups is 1. The monoisotopic (exact) mass is 405 g/mol. The molecular formula is C19H13F2NO3S2. The largest absolute Gasteiger partial charge is 0.426 e. The molecule has 138 valence electrons. The van der Waals surface area contributed by atoms with Gasteiger partial charge in [0.2, 0.25) is 0 Å². The van der Waals surface area contributed by atoms with Crippen molar-refractivity contribution >= 4 is 40.7 Å². The molecule has 0 aliphatic heterocycles. The summed E-state index contributed by atoms with van der Waals surface area (Å²) in [6.45, 7) is 0. The molecule has 0 fully saturated rings. The van der Waals surface area contributed by atoms with E-state index in [9.17, 15) is 18.4 Å². The van der Waals surface area contributed by atoms with Crippen LogP contribution in [0.5, 0.6) is 5.75 Å². The highest BCUT2D eigenvalue weighted by Gasteiger charge is 2.10. The topological polar surface area (TPSA) is 55.4 Å². The number of hydrogen-bond acceptors (Lipinski definition) is 5. The van der Waals surface area contributed by atoms with Crippen LogP contribution in [0.4, 0.5) is 14.5 Å². The smallest absolute Gasteiger partial charge is 0.321 e. The van der Waals surface area contributed by atoms with Gasteiger partial charge >= 0.3 is 5.97 Å². The maximum atomic E-state index is 13.1. The molecular weight excluding hydrogens is 392 g/mol. The third-order valence-electron chi connectivity index (χ3n) is 3.34. The highest BCUT2D eigenvalue weighted by atomic mass is 32.2. The summed E-state index contributed by atoms with van der Waals surface area (Å²) in [7, 11) is 0. The van der Waals surface area contributed by atoms with Crippen LogP contribution < -0.4 is 10.1 Å². The molecule has 0 spiro atoms. The van der Waals surface area contributed by atoms with Crippen LogP contribution in [0.15, 0.2) is 64.9 Å². The number of anilines is 1. The molecule has 2 aromatic carbocycles. The van der Waals surface area contributed by atoms with Crippen LogP contribution in [-0.2, 0) is 4.79 Å². The van der Waals surface area contributed by atoms with Gasteiger partial charge in [-0.15, -0.1) is 23.1 Å². The Morgan fingerprint density at radius 3 is 2.48 bits per heavy atom. The molecule has 3 rings (SSSR count). The van der Waals surface area contributed by atoms with Gasteiger partial charge in [0.05, 0.1) is 10.6 Å². The third kappa shape index (κ3) is 5.38. The molecule has 27 heavy (non-hydrogen) atoms. The number of rotatable bonds is 6. The first-order valence-corrected chi connectivity index (χ1v) is 9.61. The average molecular weight is 405 g/mol. The van der Waals surface area contributed by atoms with Crippen molar-refractivity contribution in [2.45, 2.75) is 4.90 Å². The summed E-state index contributed by atoms with van der Waals surface area (Å²) >= 11 is 2.38. The Kier molecular flexibility index (Phi) is 6.20. The number of amides is 1. The number of nitrogens with one attached hydrogen (secondary N) is 1. The lowest BCUT2D eigenvalue weighted by Gasteiger charge is -2.07. The molecule has 1 amide bonds. The fourth-order valence-corrected chi connectivity index (χ4v) is 3.39. The summed E-state index contributed by atoms with van der Waals surface area (Å²) in [5, 5.41) is 4.56. The number of ether oxygens (including phenoxy) is 1. The summed E-state index contributed by atoms with van der Waals surface area (Å²) in [6, 6.07) is 13.3. The van der Waals surface area contributed by atoms with Gasteiger partial charge in [-0.05, 0) is 53.9 Å². The van der Waals surface area contributed by atoms with Crippen molar-refractivity contribution in [3.05, 3.63) is 76.5 Å². The Bertz CT molecular complexity index is 944. The van der Waals surface area contributed by atoms with E-state index in [1.807, 2.05) is 5.38 Å². The van der Waals surface area contributed by atoms with Gasteiger partial charge in [0.25, 0.3) is 5.91 Å². The predicted molar refractivity (Wildman–Crippen MR) is 101 cm³/mol. The van der Waals surface area contributed by atoms with Gasteiger partial charge < -0.3 is 10.1 Å². The quantitative estimate of drug-likeness (QED) is 0.357. The molecule has 8 heteroatoms. The molecule has 3 aromatic rings. The van der Waals surface area contributed by atoms with Gasteiger partial charge in [-0.3, -0.25) is 9.59 Å². The maximum absolute atomic E-state index is 13.1. The molecule has 1 aromatic heterocycles. The standard InChI is InChI=1S/C19H13F2NO3S2/c20-15-8-7-14(10-16(15)21)27-11-18(23)25-13-5-3-12(4-6-13)22-19(24)17-2-1-9-26-17/h1-10H,11H2,(H,22,24). The lowest BCUT2D eigenvalue weighted by atomic mass is 10.3. The molecule has 0 unspecified atom stereocenters.